The molecule has 33 heavy (non-hydrogen) atoms. The number of pyridine rings is 1. The molecule has 1 atom stereocenters. The van der Waals surface area contributed by atoms with Gasteiger partial charge in [0.05, 0.1) is 35.6 Å². The predicted octanol–water partition coefficient (Wildman–Crippen LogP) is 2.64. The van der Waals surface area contributed by atoms with Crippen LogP contribution in [0.5, 0.6) is 0 Å². The highest BCUT2D eigenvalue weighted by Gasteiger charge is 2.29. The van der Waals surface area contributed by atoms with E-state index in [2.05, 4.69) is 10.3 Å². The highest BCUT2D eigenvalue weighted by molar-refractivity contribution is 5.97. The van der Waals surface area contributed by atoms with Gasteiger partial charge in [-0.1, -0.05) is 6.07 Å². The van der Waals surface area contributed by atoms with Crippen LogP contribution >= 0.6 is 0 Å². The minimum absolute atomic E-state index is 0.00989. The summed E-state index contributed by atoms with van der Waals surface area (Å²) in [4.78, 5) is 32.9. The van der Waals surface area contributed by atoms with Gasteiger partial charge in [-0.2, -0.15) is 0 Å². The van der Waals surface area contributed by atoms with Gasteiger partial charge in [0.1, 0.15) is 6.61 Å². The van der Waals surface area contributed by atoms with Crippen molar-refractivity contribution in [3.05, 3.63) is 64.8 Å². The van der Waals surface area contributed by atoms with Gasteiger partial charge < -0.3 is 20.1 Å². The minimum Gasteiger partial charge on any atom is -0.457 e. The van der Waals surface area contributed by atoms with E-state index in [1.165, 1.54) is 0 Å². The number of fused-ring (bicyclic) bond motifs is 2. The summed E-state index contributed by atoms with van der Waals surface area (Å²) >= 11 is 0. The number of carbonyl (C=O) groups is 2. The number of aryl methyl sites for hydroxylation is 1. The number of hydrogen-bond donors (Lipinski definition) is 2. The summed E-state index contributed by atoms with van der Waals surface area (Å²) in [6, 6.07) is 11.5. The molecule has 0 radical (unpaired) electrons. The fourth-order valence-electron chi connectivity index (χ4n) is 4.57. The van der Waals surface area contributed by atoms with E-state index in [0.29, 0.717) is 25.2 Å². The van der Waals surface area contributed by atoms with Gasteiger partial charge in [-0.05, 0) is 48.4 Å². The van der Waals surface area contributed by atoms with Crippen molar-refractivity contribution >= 4 is 34.2 Å². The first kappa shape index (κ1) is 21.4. The molecule has 0 saturated carbocycles. The van der Waals surface area contributed by atoms with Gasteiger partial charge in [-0.25, -0.2) is 4.79 Å². The van der Waals surface area contributed by atoms with E-state index in [-0.39, 0.29) is 25.0 Å². The largest absolute Gasteiger partial charge is 0.457 e. The third-order valence-corrected chi connectivity index (χ3v) is 6.43. The van der Waals surface area contributed by atoms with E-state index in [9.17, 15) is 14.7 Å². The van der Waals surface area contributed by atoms with Crippen LogP contribution in [0, 0.1) is 6.92 Å². The summed E-state index contributed by atoms with van der Waals surface area (Å²) in [6.45, 7) is 3.88. The molecule has 1 aromatic heterocycles. The van der Waals surface area contributed by atoms with E-state index in [1.54, 1.807) is 17.2 Å². The highest BCUT2D eigenvalue weighted by atomic mass is 16.5. The molecule has 2 aliphatic heterocycles. The summed E-state index contributed by atoms with van der Waals surface area (Å²) in [6.07, 6.45) is 1.02. The van der Waals surface area contributed by atoms with Gasteiger partial charge in [0, 0.05) is 43.3 Å². The first-order valence-corrected chi connectivity index (χ1v) is 11.0. The molecule has 8 heteroatoms. The zero-order chi connectivity index (χ0) is 23.1. The van der Waals surface area contributed by atoms with Crippen LogP contribution in [0.15, 0.2) is 42.6 Å². The van der Waals surface area contributed by atoms with E-state index in [4.69, 9.17) is 4.74 Å². The Hall–Kier alpha value is -3.49. The lowest BCUT2D eigenvalue weighted by atomic mass is 9.96. The van der Waals surface area contributed by atoms with Crippen molar-refractivity contribution in [1.29, 1.82) is 0 Å². The molecule has 2 aromatic carbocycles. The van der Waals surface area contributed by atoms with Gasteiger partial charge in [0.25, 0.3) is 0 Å². The first-order valence-electron chi connectivity index (χ1n) is 11.0. The summed E-state index contributed by atoms with van der Waals surface area (Å²) in [5, 5.41) is 15.0. The molecule has 0 aliphatic carbocycles. The third-order valence-electron chi connectivity index (χ3n) is 6.43. The van der Waals surface area contributed by atoms with Crippen LogP contribution in [0.2, 0.25) is 0 Å². The van der Waals surface area contributed by atoms with Crippen LogP contribution in [0.25, 0.3) is 10.9 Å². The van der Waals surface area contributed by atoms with Gasteiger partial charge in [-0.3, -0.25) is 14.7 Å². The molecule has 5 rings (SSSR count). The second kappa shape index (κ2) is 8.46. The number of ether oxygens (including phenoxy) is 1. The number of β-amino-alcohol motifs (C(OH)–C–C–N with tert-alkyl or cyclic N) is 1. The molecule has 1 unspecified atom stereocenters. The van der Waals surface area contributed by atoms with Crippen LogP contribution in [-0.4, -0.2) is 60.1 Å². The lowest BCUT2D eigenvalue weighted by Crippen LogP contribution is -2.51. The molecule has 2 N–H and O–H groups in total. The maximum Gasteiger partial charge on any atom is 0.338 e. The summed E-state index contributed by atoms with van der Waals surface area (Å²) in [5.74, 6) is -0.327. The number of nitrogens with zero attached hydrogens (tertiary/aromatic N) is 3. The number of carbonyl (C=O) groups excluding carboxylic acids is 2. The van der Waals surface area contributed by atoms with Crippen LogP contribution in [0.4, 0.5) is 11.4 Å². The highest BCUT2D eigenvalue weighted by Crippen LogP contribution is 2.29. The zero-order valence-corrected chi connectivity index (χ0v) is 18.7. The number of aliphatic hydroxyl groups is 1. The van der Waals surface area contributed by atoms with Crippen molar-refractivity contribution in [1.82, 2.24) is 9.88 Å². The molecule has 1 fully saturated rings. The number of hydrogen-bond acceptors (Lipinski definition) is 7. The van der Waals surface area contributed by atoms with Crippen molar-refractivity contribution in [2.75, 3.05) is 43.4 Å². The molecule has 8 nitrogen and oxygen atoms in total. The van der Waals surface area contributed by atoms with Crippen molar-refractivity contribution in [3.8, 4) is 0 Å². The number of aliphatic hydroxyl groups excluding tert-OH is 1. The van der Waals surface area contributed by atoms with E-state index >= 15 is 0 Å². The number of cyclic esters (lactones) is 1. The molecular weight excluding hydrogens is 420 g/mol. The lowest BCUT2D eigenvalue weighted by molar-refractivity contribution is -0.121. The Kier molecular flexibility index (Phi) is 5.47. The number of benzene rings is 2. The van der Waals surface area contributed by atoms with Crippen molar-refractivity contribution in [2.24, 2.45) is 0 Å². The fourth-order valence-corrected chi connectivity index (χ4v) is 4.57. The van der Waals surface area contributed by atoms with Crippen molar-refractivity contribution in [2.45, 2.75) is 19.6 Å². The topological polar surface area (TPSA) is 95.0 Å². The van der Waals surface area contributed by atoms with Gasteiger partial charge in [-0.15, -0.1) is 0 Å². The first-order chi connectivity index (χ1) is 15.9. The number of aromatic nitrogens is 1. The van der Waals surface area contributed by atoms with Crippen LogP contribution in [-0.2, 0) is 16.1 Å². The zero-order valence-electron chi connectivity index (χ0n) is 18.7. The number of anilines is 2. The maximum atomic E-state index is 12.9. The smallest absolute Gasteiger partial charge is 0.338 e. The SMILES string of the molecule is CNc1cnc2cc(N3CCN(CC(O)c4cc5c(cc4C)C(=O)OC5)CC3=O)ccc2c1. The number of nitrogens with one attached hydrogen (secondary N) is 1. The average molecular weight is 447 g/mol. The molecule has 3 aromatic rings. The monoisotopic (exact) mass is 446 g/mol. The Labute approximate surface area is 191 Å². The number of amides is 1. The van der Waals surface area contributed by atoms with Crippen LogP contribution in [0.1, 0.15) is 33.2 Å². The third kappa shape index (κ3) is 4.03. The Morgan fingerprint density at radius 3 is 2.82 bits per heavy atom. The summed E-state index contributed by atoms with van der Waals surface area (Å²) in [5.41, 5.74) is 5.59. The molecule has 0 bridgehead atoms. The van der Waals surface area contributed by atoms with Gasteiger partial charge >= 0.3 is 5.97 Å². The Morgan fingerprint density at radius 2 is 2.03 bits per heavy atom. The molecule has 1 amide bonds. The van der Waals surface area contributed by atoms with E-state index in [0.717, 1.165) is 39.0 Å². The quantitative estimate of drug-likeness (QED) is 0.582. The van der Waals surface area contributed by atoms with E-state index in [1.807, 2.05) is 49.2 Å². The normalized spacial score (nSPS) is 17.2. The Morgan fingerprint density at radius 1 is 1.18 bits per heavy atom. The average Bonchev–Trinajstić information content (AvgIpc) is 3.17. The standard InChI is InChI=1S/C25H26N4O4/c1-15-7-21-17(14-33-25(21)32)9-20(15)23(30)12-28-5-6-29(24(31)13-28)19-4-3-16-8-18(26-2)11-27-22(16)10-19/h3-4,7-11,23,26,30H,5-6,12-14H2,1-2H3. The second-order valence-electron chi connectivity index (χ2n) is 8.59. The Balaban J connectivity index is 1.27. The summed E-state index contributed by atoms with van der Waals surface area (Å²) in [7, 11) is 1.85. The molecule has 170 valence electrons. The van der Waals surface area contributed by atoms with Crippen LogP contribution in [0.3, 0.4) is 0 Å². The predicted molar refractivity (Wildman–Crippen MR) is 125 cm³/mol. The fraction of sp³-hybridized carbons (Fsp3) is 0.320. The van der Waals surface area contributed by atoms with Crippen LogP contribution < -0.4 is 10.2 Å². The second-order valence-corrected chi connectivity index (χ2v) is 8.59. The molecule has 1 saturated heterocycles. The van der Waals surface area contributed by atoms with Crippen molar-refractivity contribution in [3.63, 3.8) is 0 Å². The Bertz CT molecular complexity index is 1260. The minimum atomic E-state index is -0.753. The number of esters is 1. The van der Waals surface area contributed by atoms with Crippen molar-refractivity contribution < 1.29 is 19.4 Å². The van der Waals surface area contributed by atoms with E-state index < -0.39 is 6.10 Å². The lowest BCUT2D eigenvalue weighted by Gasteiger charge is -2.35. The number of piperazine rings is 1. The van der Waals surface area contributed by atoms with Gasteiger partial charge in [0.2, 0.25) is 5.91 Å². The summed E-state index contributed by atoms with van der Waals surface area (Å²) < 4.78 is 5.08. The molecule has 0 spiro atoms. The maximum absolute atomic E-state index is 12.9. The van der Waals surface area contributed by atoms with Gasteiger partial charge in [0.15, 0.2) is 0 Å². The number of rotatable bonds is 5. The molecule has 2 aliphatic rings. The molecule has 3 heterocycles. The molecular formula is C25H26N4O4.